The molecule has 0 radical (unpaired) electrons. The Hall–Kier alpha value is -2.60. The van der Waals surface area contributed by atoms with Crippen LogP contribution >= 0.6 is 0 Å². The summed E-state index contributed by atoms with van der Waals surface area (Å²) in [5.41, 5.74) is 2.26. The molecular weight excluding hydrogens is 265 g/mol. The van der Waals surface area contributed by atoms with Gasteiger partial charge in [0.25, 0.3) is 5.91 Å². The second kappa shape index (κ2) is 6.23. The van der Waals surface area contributed by atoms with Gasteiger partial charge < -0.3 is 4.90 Å². The Morgan fingerprint density at radius 1 is 1.29 bits per heavy atom. The van der Waals surface area contributed by atoms with Gasteiger partial charge in [-0.1, -0.05) is 23.6 Å². The molecule has 1 amide bonds. The standard InChI is InChI=1S/C18H16FNO/c1-4-14-7-6-8-15(12-14)20(5-2)18(21)16-11-13(3)9-10-17(16)19/h1,6-12H,5H2,2-3H3. The van der Waals surface area contributed by atoms with Crippen molar-refractivity contribution in [2.24, 2.45) is 0 Å². The molecule has 106 valence electrons. The molecule has 0 aromatic heterocycles. The van der Waals surface area contributed by atoms with Crippen LogP contribution in [0.3, 0.4) is 0 Å². The van der Waals surface area contributed by atoms with Crippen molar-refractivity contribution in [2.45, 2.75) is 13.8 Å². The Morgan fingerprint density at radius 3 is 2.71 bits per heavy atom. The first-order valence-corrected chi connectivity index (χ1v) is 6.71. The number of anilines is 1. The average Bonchev–Trinajstić information content (AvgIpc) is 2.50. The summed E-state index contributed by atoms with van der Waals surface area (Å²) in [6.07, 6.45) is 5.38. The smallest absolute Gasteiger partial charge is 0.261 e. The molecular formula is C18H16FNO. The lowest BCUT2D eigenvalue weighted by atomic mass is 10.1. The zero-order valence-corrected chi connectivity index (χ0v) is 12.1. The number of hydrogen-bond acceptors (Lipinski definition) is 1. The van der Waals surface area contributed by atoms with Gasteiger partial charge in [-0.3, -0.25) is 4.79 Å². The predicted octanol–water partition coefficient (Wildman–Crippen LogP) is 3.78. The molecule has 0 atom stereocenters. The lowest BCUT2D eigenvalue weighted by Gasteiger charge is -2.22. The first-order chi connectivity index (χ1) is 10.1. The molecule has 2 rings (SSSR count). The Labute approximate surface area is 124 Å². The Bertz CT molecular complexity index is 715. The molecule has 0 aliphatic carbocycles. The summed E-state index contributed by atoms with van der Waals surface area (Å²) >= 11 is 0. The molecule has 21 heavy (non-hydrogen) atoms. The van der Waals surface area contributed by atoms with E-state index in [9.17, 15) is 9.18 Å². The minimum Gasteiger partial charge on any atom is -0.309 e. The number of nitrogens with zero attached hydrogens (tertiary/aromatic N) is 1. The lowest BCUT2D eigenvalue weighted by Crippen LogP contribution is -2.31. The van der Waals surface area contributed by atoms with E-state index in [0.717, 1.165) is 5.56 Å². The first-order valence-electron chi connectivity index (χ1n) is 6.71. The van der Waals surface area contributed by atoms with Crippen LogP contribution in [-0.4, -0.2) is 12.5 Å². The molecule has 0 fully saturated rings. The van der Waals surface area contributed by atoms with Crippen molar-refractivity contribution in [3.63, 3.8) is 0 Å². The number of hydrogen-bond donors (Lipinski definition) is 0. The van der Waals surface area contributed by atoms with Crippen LogP contribution in [0.4, 0.5) is 10.1 Å². The molecule has 2 aromatic carbocycles. The number of rotatable bonds is 3. The largest absolute Gasteiger partial charge is 0.309 e. The van der Waals surface area contributed by atoms with Gasteiger partial charge in [0.2, 0.25) is 0 Å². The topological polar surface area (TPSA) is 20.3 Å². The van der Waals surface area contributed by atoms with Crippen LogP contribution in [-0.2, 0) is 0 Å². The van der Waals surface area contributed by atoms with Crippen molar-refractivity contribution in [1.82, 2.24) is 0 Å². The molecule has 0 unspecified atom stereocenters. The number of carbonyl (C=O) groups excluding carboxylic acids is 1. The fourth-order valence-corrected chi connectivity index (χ4v) is 2.16. The highest BCUT2D eigenvalue weighted by atomic mass is 19.1. The van der Waals surface area contributed by atoms with Crippen LogP contribution in [0.15, 0.2) is 42.5 Å². The summed E-state index contributed by atoms with van der Waals surface area (Å²) in [6, 6.07) is 11.6. The monoisotopic (exact) mass is 281 g/mol. The van der Waals surface area contributed by atoms with Gasteiger partial charge in [0.15, 0.2) is 0 Å². The van der Waals surface area contributed by atoms with Crippen molar-refractivity contribution >= 4 is 11.6 Å². The third kappa shape index (κ3) is 3.11. The number of benzene rings is 2. The van der Waals surface area contributed by atoms with Gasteiger partial charge >= 0.3 is 0 Å². The fraction of sp³-hybridized carbons (Fsp3) is 0.167. The third-order valence-electron chi connectivity index (χ3n) is 3.24. The van der Waals surface area contributed by atoms with Crippen molar-refractivity contribution < 1.29 is 9.18 Å². The lowest BCUT2D eigenvalue weighted by molar-refractivity contribution is 0.0984. The molecule has 0 aliphatic heterocycles. The van der Waals surface area contributed by atoms with Crippen LogP contribution in [0.5, 0.6) is 0 Å². The molecule has 0 aliphatic rings. The Balaban J connectivity index is 2.43. The number of terminal acetylenes is 1. The summed E-state index contributed by atoms with van der Waals surface area (Å²) in [4.78, 5) is 14.1. The van der Waals surface area contributed by atoms with Gasteiger partial charge in [-0.2, -0.15) is 0 Å². The van der Waals surface area contributed by atoms with Crippen LogP contribution in [0.25, 0.3) is 0 Å². The van der Waals surface area contributed by atoms with Crippen molar-refractivity contribution in [3.8, 4) is 12.3 Å². The maximum absolute atomic E-state index is 13.9. The van der Waals surface area contributed by atoms with E-state index < -0.39 is 5.82 Å². The SMILES string of the molecule is C#Cc1cccc(N(CC)C(=O)c2cc(C)ccc2F)c1. The Kier molecular flexibility index (Phi) is 4.39. The first kappa shape index (κ1) is 14.8. The molecule has 0 bridgehead atoms. The average molecular weight is 281 g/mol. The molecule has 2 aromatic rings. The number of aryl methyl sites for hydroxylation is 1. The molecule has 0 spiro atoms. The van der Waals surface area contributed by atoms with Crippen LogP contribution in [0.1, 0.15) is 28.4 Å². The van der Waals surface area contributed by atoms with Gasteiger partial charge in [0.1, 0.15) is 5.82 Å². The van der Waals surface area contributed by atoms with Gasteiger partial charge in [0.05, 0.1) is 5.56 Å². The van der Waals surface area contributed by atoms with Gasteiger partial charge in [-0.25, -0.2) is 4.39 Å². The van der Waals surface area contributed by atoms with Gasteiger partial charge in [-0.15, -0.1) is 6.42 Å². The van der Waals surface area contributed by atoms with Crippen LogP contribution < -0.4 is 4.90 Å². The molecule has 2 nitrogen and oxygen atoms in total. The highest BCUT2D eigenvalue weighted by Crippen LogP contribution is 2.20. The zero-order chi connectivity index (χ0) is 15.4. The zero-order valence-electron chi connectivity index (χ0n) is 12.1. The number of carbonyl (C=O) groups is 1. The molecule has 0 saturated carbocycles. The maximum Gasteiger partial charge on any atom is 0.261 e. The molecule has 0 N–H and O–H groups in total. The van der Waals surface area contributed by atoms with Crippen molar-refractivity contribution in [2.75, 3.05) is 11.4 Å². The van der Waals surface area contributed by atoms with E-state index in [1.807, 2.05) is 13.8 Å². The fourth-order valence-electron chi connectivity index (χ4n) is 2.16. The molecule has 0 saturated heterocycles. The highest BCUT2D eigenvalue weighted by Gasteiger charge is 2.19. The van der Waals surface area contributed by atoms with E-state index in [-0.39, 0.29) is 11.5 Å². The number of amides is 1. The van der Waals surface area contributed by atoms with E-state index >= 15 is 0 Å². The third-order valence-corrected chi connectivity index (χ3v) is 3.24. The van der Waals surface area contributed by atoms with E-state index in [2.05, 4.69) is 5.92 Å². The van der Waals surface area contributed by atoms with E-state index in [1.54, 1.807) is 36.4 Å². The van der Waals surface area contributed by atoms with Gasteiger partial charge in [0, 0.05) is 17.8 Å². The minimum atomic E-state index is -0.517. The molecule has 3 heteroatoms. The highest BCUT2D eigenvalue weighted by molar-refractivity contribution is 6.06. The van der Waals surface area contributed by atoms with Crippen molar-refractivity contribution in [3.05, 3.63) is 65.0 Å². The summed E-state index contributed by atoms with van der Waals surface area (Å²) in [5, 5.41) is 0. The second-order valence-electron chi connectivity index (χ2n) is 4.73. The number of halogens is 1. The van der Waals surface area contributed by atoms with E-state index in [4.69, 9.17) is 6.42 Å². The van der Waals surface area contributed by atoms with Crippen LogP contribution in [0, 0.1) is 25.1 Å². The minimum absolute atomic E-state index is 0.0722. The molecule has 0 heterocycles. The quantitative estimate of drug-likeness (QED) is 0.784. The van der Waals surface area contributed by atoms with E-state index in [1.165, 1.54) is 11.0 Å². The summed E-state index contributed by atoms with van der Waals surface area (Å²) in [7, 11) is 0. The van der Waals surface area contributed by atoms with Gasteiger partial charge in [-0.05, 0) is 44.2 Å². The van der Waals surface area contributed by atoms with E-state index in [0.29, 0.717) is 17.8 Å². The maximum atomic E-state index is 13.9. The van der Waals surface area contributed by atoms with Crippen LogP contribution in [0.2, 0.25) is 0 Å². The second-order valence-corrected chi connectivity index (χ2v) is 4.73. The normalized spacial score (nSPS) is 10.0. The predicted molar refractivity (Wildman–Crippen MR) is 82.9 cm³/mol. The summed E-state index contributed by atoms with van der Waals surface area (Å²) < 4.78 is 13.9. The van der Waals surface area contributed by atoms with Crippen molar-refractivity contribution in [1.29, 1.82) is 0 Å². The summed E-state index contributed by atoms with van der Waals surface area (Å²) in [5.74, 6) is 1.65. The summed E-state index contributed by atoms with van der Waals surface area (Å²) in [6.45, 7) is 4.10. The Morgan fingerprint density at radius 2 is 2.05 bits per heavy atom.